The quantitative estimate of drug-likeness (QED) is 0.411. The van der Waals surface area contributed by atoms with Crippen molar-refractivity contribution in [2.75, 3.05) is 19.3 Å². The van der Waals surface area contributed by atoms with Crippen molar-refractivity contribution in [3.63, 3.8) is 0 Å². The van der Waals surface area contributed by atoms with Gasteiger partial charge < -0.3 is 36.3 Å². The van der Waals surface area contributed by atoms with Gasteiger partial charge in [-0.25, -0.2) is 13.1 Å². The first kappa shape index (κ1) is 23.7. The van der Waals surface area contributed by atoms with Crippen molar-refractivity contribution in [2.45, 2.75) is 6.04 Å². The first-order chi connectivity index (χ1) is 4.45. The van der Waals surface area contributed by atoms with Gasteiger partial charge in [-0.1, -0.05) is 0 Å². The van der Waals surface area contributed by atoms with Crippen LogP contribution in [0.3, 0.4) is 0 Å². The average Bonchev–Trinajstić information content (AvgIpc) is 1.81. The Hall–Kier alpha value is 1.10. The van der Waals surface area contributed by atoms with Crippen LogP contribution in [0.5, 0.6) is 0 Å². The fourth-order valence-corrected chi connectivity index (χ4v) is 0.859. The van der Waals surface area contributed by atoms with Gasteiger partial charge in [0.2, 0.25) is 10.0 Å². The largest absolute Gasteiger partial charge is 2.00 e. The summed E-state index contributed by atoms with van der Waals surface area (Å²) < 4.78 is 23.1. The zero-order valence-electron chi connectivity index (χ0n) is 6.94. The van der Waals surface area contributed by atoms with Gasteiger partial charge in [0.25, 0.3) is 0 Å². The predicted molar refractivity (Wildman–Crippen MR) is 39.9 cm³/mol. The number of nitrogens with one attached hydrogen (secondary N) is 1. The molecular weight excluding hydrogens is 420 g/mol. The molecule has 0 spiro atoms. The van der Waals surface area contributed by atoms with Crippen LogP contribution in [0, 0.1) is 0 Å². The van der Waals surface area contributed by atoms with Crippen molar-refractivity contribution in [3.05, 3.63) is 0 Å². The van der Waals surface area contributed by atoms with Crippen molar-refractivity contribution in [1.29, 1.82) is 0 Å². The molecule has 0 saturated carbocycles. The summed E-state index contributed by atoms with van der Waals surface area (Å²) >= 11 is 0. The van der Waals surface area contributed by atoms with E-state index in [2.05, 4.69) is 4.72 Å². The molecular formula is C4H13Cl2N3O2PtS. The van der Waals surface area contributed by atoms with E-state index < -0.39 is 10.0 Å². The molecule has 0 amide bonds. The van der Waals surface area contributed by atoms with Crippen LogP contribution in [0.15, 0.2) is 0 Å². The van der Waals surface area contributed by atoms with Crippen LogP contribution in [-0.4, -0.2) is 33.8 Å². The van der Waals surface area contributed by atoms with Gasteiger partial charge >= 0.3 is 21.1 Å². The summed E-state index contributed by atoms with van der Waals surface area (Å²) in [5, 5.41) is 0. The SMILES string of the molecule is CS(=O)(=O)NCC(N)CN.[Cl-].[Cl-].[Pt+2]. The molecule has 0 aliphatic carbocycles. The number of hydrogen-bond donors (Lipinski definition) is 3. The van der Waals surface area contributed by atoms with Gasteiger partial charge in [-0.05, 0) is 0 Å². The van der Waals surface area contributed by atoms with E-state index in [0.29, 0.717) is 0 Å². The zero-order chi connectivity index (χ0) is 8.20. The summed E-state index contributed by atoms with van der Waals surface area (Å²) in [6.07, 6.45) is 1.08. The summed E-state index contributed by atoms with van der Waals surface area (Å²) in [6.45, 7) is 0.484. The number of halogens is 2. The third-order valence-corrected chi connectivity index (χ3v) is 1.60. The van der Waals surface area contributed by atoms with Crippen LogP contribution in [0.4, 0.5) is 0 Å². The van der Waals surface area contributed by atoms with Gasteiger partial charge in [0.05, 0.1) is 6.26 Å². The smallest absolute Gasteiger partial charge is 1.00 e. The molecule has 0 aromatic carbocycles. The first-order valence-corrected chi connectivity index (χ1v) is 4.75. The Morgan fingerprint density at radius 2 is 1.77 bits per heavy atom. The second-order valence-electron chi connectivity index (χ2n) is 2.12. The molecule has 86 valence electrons. The zero-order valence-corrected chi connectivity index (χ0v) is 11.5. The molecule has 1 atom stereocenters. The molecule has 0 bridgehead atoms. The molecule has 0 aromatic heterocycles. The van der Waals surface area contributed by atoms with Crippen LogP contribution >= 0.6 is 0 Å². The minimum absolute atomic E-state index is 0. The minimum atomic E-state index is -3.11. The fourth-order valence-electron chi connectivity index (χ4n) is 0.342. The Balaban J connectivity index is -0.000000135. The maximum atomic E-state index is 10.4. The molecule has 0 heterocycles. The summed E-state index contributed by atoms with van der Waals surface area (Å²) in [5.74, 6) is 0. The van der Waals surface area contributed by atoms with Crippen molar-refractivity contribution in [3.8, 4) is 0 Å². The van der Waals surface area contributed by atoms with Crippen molar-refractivity contribution in [2.24, 2.45) is 11.5 Å². The Labute approximate surface area is 106 Å². The molecule has 13 heavy (non-hydrogen) atoms. The molecule has 0 radical (unpaired) electrons. The number of nitrogens with two attached hydrogens (primary N) is 2. The summed E-state index contributed by atoms with van der Waals surface area (Å²) in [7, 11) is -3.11. The maximum absolute atomic E-state index is 10.4. The van der Waals surface area contributed by atoms with Crippen LogP contribution in [0.2, 0.25) is 0 Å². The molecule has 0 aliphatic heterocycles. The van der Waals surface area contributed by atoms with Gasteiger partial charge in [-0.3, -0.25) is 0 Å². The Bertz CT molecular complexity index is 190. The molecule has 5 N–H and O–H groups in total. The first-order valence-electron chi connectivity index (χ1n) is 2.86. The predicted octanol–water partition coefficient (Wildman–Crippen LogP) is -8.17. The van der Waals surface area contributed by atoms with Gasteiger partial charge in [0, 0.05) is 19.1 Å². The van der Waals surface area contributed by atoms with E-state index in [9.17, 15) is 8.42 Å². The van der Waals surface area contributed by atoms with Crippen molar-refractivity contribution in [1.82, 2.24) is 4.72 Å². The molecule has 1 unspecified atom stereocenters. The fraction of sp³-hybridized carbons (Fsp3) is 1.00. The van der Waals surface area contributed by atoms with Gasteiger partial charge in [-0.2, -0.15) is 0 Å². The second kappa shape index (κ2) is 11.2. The monoisotopic (exact) mass is 432 g/mol. The third-order valence-electron chi connectivity index (χ3n) is 0.910. The van der Waals surface area contributed by atoms with E-state index in [1.807, 2.05) is 0 Å². The second-order valence-corrected chi connectivity index (χ2v) is 3.95. The van der Waals surface area contributed by atoms with Crippen LogP contribution in [0.1, 0.15) is 0 Å². The van der Waals surface area contributed by atoms with E-state index in [0.717, 1.165) is 6.26 Å². The summed E-state index contributed by atoms with van der Waals surface area (Å²) in [4.78, 5) is 0. The van der Waals surface area contributed by atoms with Gasteiger partial charge in [0.15, 0.2) is 0 Å². The minimum Gasteiger partial charge on any atom is -1.00 e. The Morgan fingerprint density at radius 3 is 2.00 bits per heavy atom. The standard InChI is InChI=1S/C4H13N3O2S.2ClH.Pt/c1-10(8,9)7-3-4(6)2-5;;;/h4,7H,2-3,5-6H2,1H3;2*1H;/q;;;+2/p-2. The molecule has 5 nitrogen and oxygen atoms in total. The molecule has 9 heteroatoms. The van der Waals surface area contributed by atoms with Crippen LogP contribution < -0.4 is 41.0 Å². The van der Waals surface area contributed by atoms with E-state index in [4.69, 9.17) is 11.5 Å². The average molecular weight is 433 g/mol. The van der Waals surface area contributed by atoms with Crippen molar-refractivity contribution >= 4 is 10.0 Å². The molecule has 0 aromatic rings. The van der Waals surface area contributed by atoms with E-state index >= 15 is 0 Å². The number of rotatable bonds is 4. The van der Waals surface area contributed by atoms with E-state index in [1.54, 1.807) is 0 Å². The Morgan fingerprint density at radius 1 is 1.38 bits per heavy atom. The topological polar surface area (TPSA) is 98.2 Å². The normalized spacial score (nSPS) is 11.6. The molecule has 0 saturated heterocycles. The van der Waals surface area contributed by atoms with Crippen LogP contribution in [0.25, 0.3) is 0 Å². The molecule has 0 fully saturated rings. The third kappa shape index (κ3) is 19.5. The Kier molecular flexibility index (Phi) is 20.4. The van der Waals surface area contributed by atoms with Gasteiger partial charge in [-0.15, -0.1) is 0 Å². The summed E-state index contributed by atoms with van der Waals surface area (Å²) in [5.41, 5.74) is 10.5. The molecule has 0 rings (SSSR count). The van der Waals surface area contributed by atoms with Gasteiger partial charge in [0.1, 0.15) is 0 Å². The molecule has 0 aliphatic rings. The van der Waals surface area contributed by atoms with Crippen molar-refractivity contribution < 1.29 is 54.3 Å². The maximum Gasteiger partial charge on any atom is 2.00 e. The van der Waals surface area contributed by atoms with E-state index in [1.165, 1.54) is 0 Å². The van der Waals surface area contributed by atoms with E-state index in [-0.39, 0.29) is 65.0 Å². The number of sulfonamides is 1. The summed E-state index contributed by atoms with van der Waals surface area (Å²) in [6, 6.07) is -0.297. The number of hydrogen-bond acceptors (Lipinski definition) is 4. The van der Waals surface area contributed by atoms with Crippen LogP contribution in [-0.2, 0) is 31.1 Å².